The summed E-state index contributed by atoms with van der Waals surface area (Å²) >= 11 is 1.59. The number of hydrogen-bond acceptors (Lipinski definition) is 6. The molecule has 2 aromatic heterocycles. The molecule has 0 bridgehead atoms. The lowest BCUT2D eigenvalue weighted by Crippen LogP contribution is -2.12. The van der Waals surface area contributed by atoms with E-state index >= 15 is 0 Å². The topological polar surface area (TPSA) is 87.4 Å². The van der Waals surface area contributed by atoms with Gasteiger partial charge in [-0.05, 0) is 6.92 Å². The van der Waals surface area contributed by atoms with E-state index in [1.54, 1.807) is 22.8 Å². The molecule has 0 aliphatic heterocycles. The van der Waals surface area contributed by atoms with E-state index in [0.29, 0.717) is 6.54 Å². The molecule has 0 aliphatic carbocycles. The summed E-state index contributed by atoms with van der Waals surface area (Å²) < 4.78 is 3.77. The van der Waals surface area contributed by atoms with Gasteiger partial charge in [-0.15, -0.1) is 10.2 Å². The van der Waals surface area contributed by atoms with Crippen LogP contribution in [0.3, 0.4) is 0 Å². The molecule has 92 valence electrons. The molecule has 17 heavy (non-hydrogen) atoms. The van der Waals surface area contributed by atoms with Crippen molar-refractivity contribution in [1.82, 2.24) is 29.5 Å². The lowest BCUT2D eigenvalue weighted by Gasteiger charge is -2.05. The van der Waals surface area contributed by atoms with Crippen molar-refractivity contribution in [2.75, 3.05) is 6.54 Å². The third-order valence-electron chi connectivity index (χ3n) is 2.39. The highest BCUT2D eigenvalue weighted by Crippen LogP contribution is 2.20. The van der Waals surface area contributed by atoms with Crippen LogP contribution in [0.4, 0.5) is 0 Å². The van der Waals surface area contributed by atoms with Gasteiger partial charge in [-0.1, -0.05) is 11.8 Å². The molecule has 0 aromatic carbocycles. The average molecular weight is 253 g/mol. The Morgan fingerprint density at radius 2 is 2.24 bits per heavy atom. The van der Waals surface area contributed by atoms with E-state index in [2.05, 4.69) is 20.3 Å². The highest BCUT2D eigenvalue weighted by atomic mass is 32.2. The Labute approximate surface area is 103 Å². The Kier molecular flexibility index (Phi) is 3.75. The largest absolute Gasteiger partial charge is 0.329 e. The highest BCUT2D eigenvalue weighted by molar-refractivity contribution is 7.98. The van der Waals surface area contributed by atoms with Gasteiger partial charge in [0.25, 0.3) is 0 Å². The van der Waals surface area contributed by atoms with Crippen LogP contribution in [-0.4, -0.2) is 36.1 Å². The summed E-state index contributed by atoms with van der Waals surface area (Å²) in [4.78, 5) is 4.16. The number of thioether (sulfide) groups is 1. The maximum absolute atomic E-state index is 5.56. The fraction of sp³-hybridized carbons (Fsp3) is 0.556. The van der Waals surface area contributed by atoms with Gasteiger partial charge in [0.2, 0.25) is 0 Å². The van der Waals surface area contributed by atoms with Crippen molar-refractivity contribution < 1.29 is 0 Å². The Balaban J connectivity index is 2.06. The molecule has 0 spiro atoms. The normalized spacial score (nSPS) is 11.0. The van der Waals surface area contributed by atoms with E-state index in [0.717, 1.165) is 29.1 Å². The average Bonchev–Trinajstić information content (AvgIpc) is 2.86. The van der Waals surface area contributed by atoms with Crippen LogP contribution in [0.5, 0.6) is 0 Å². The lowest BCUT2D eigenvalue weighted by atomic mass is 10.6. The van der Waals surface area contributed by atoms with Gasteiger partial charge in [0.1, 0.15) is 18.0 Å². The van der Waals surface area contributed by atoms with Crippen LogP contribution >= 0.6 is 11.8 Å². The monoisotopic (exact) mass is 253 g/mol. The van der Waals surface area contributed by atoms with Crippen molar-refractivity contribution in [3.8, 4) is 0 Å². The second-order valence-corrected chi connectivity index (χ2v) is 4.50. The van der Waals surface area contributed by atoms with Crippen LogP contribution in [0.1, 0.15) is 11.6 Å². The first-order valence-electron chi connectivity index (χ1n) is 5.28. The predicted octanol–water partition coefficient (Wildman–Crippen LogP) is -0.0340. The summed E-state index contributed by atoms with van der Waals surface area (Å²) in [6.45, 7) is 3.24. The number of aryl methyl sites for hydroxylation is 2. The third-order valence-corrected chi connectivity index (χ3v) is 3.35. The van der Waals surface area contributed by atoms with E-state index in [9.17, 15) is 0 Å². The molecular weight excluding hydrogens is 238 g/mol. The summed E-state index contributed by atoms with van der Waals surface area (Å²) in [7, 11) is 1.87. The number of hydrogen-bond donors (Lipinski definition) is 1. The lowest BCUT2D eigenvalue weighted by molar-refractivity contribution is 0.627. The molecule has 0 atom stereocenters. The number of aromatic nitrogens is 6. The van der Waals surface area contributed by atoms with Crippen LogP contribution in [0.2, 0.25) is 0 Å². The number of rotatable bonds is 5. The molecule has 0 radical (unpaired) electrons. The van der Waals surface area contributed by atoms with Crippen molar-refractivity contribution >= 4 is 11.8 Å². The van der Waals surface area contributed by atoms with E-state index < -0.39 is 0 Å². The van der Waals surface area contributed by atoms with Crippen molar-refractivity contribution in [2.24, 2.45) is 12.8 Å². The van der Waals surface area contributed by atoms with E-state index in [1.807, 2.05) is 18.5 Å². The minimum atomic E-state index is 0.580. The molecule has 7 nitrogen and oxygen atoms in total. The number of nitrogens with zero attached hydrogens (tertiary/aromatic N) is 6. The Morgan fingerprint density at radius 1 is 1.41 bits per heavy atom. The fourth-order valence-electron chi connectivity index (χ4n) is 1.43. The Bertz CT molecular complexity index is 489. The summed E-state index contributed by atoms with van der Waals surface area (Å²) in [5, 5.41) is 13.1. The zero-order valence-electron chi connectivity index (χ0n) is 9.87. The molecular formula is C9H15N7S. The molecule has 2 heterocycles. The summed E-state index contributed by atoms with van der Waals surface area (Å²) in [6.07, 6.45) is 1.55. The van der Waals surface area contributed by atoms with Gasteiger partial charge < -0.3 is 10.3 Å². The standard InChI is InChI=1S/C9H15N7S/c1-7-13-14-9(16(7)4-3-10)17-5-8-11-6-12-15(8)2/h6H,3-5,10H2,1-2H3. The van der Waals surface area contributed by atoms with Crippen LogP contribution in [0, 0.1) is 6.92 Å². The van der Waals surface area contributed by atoms with E-state index in [1.165, 1.54) is 0 Å². The van der Waals surface area contributed by atoms with Gasteiger partial charge in [-0.25, -0.2) is 4.98 Å². The highest BCUT2D eigenvalue weighted by Gasteiger charge is 2.10. The number of nitrogens with two attached hydrogens (primary N) is 1. The van der Waals surface area contributed by atoms with Crippen molar-refractivity contribution in [3.63, 3.8) is 0 Å². The summed E-state index contributed by atoms with van der Waals surface area (Å²) in [5.74, 6) is 2.52. The molecule has 2 N–H and O–H groups in total. The molecule has 0 unspecified atom stereocenters. The second kappa shape index (κ2) is 5.28. The quantitative estimate of drug-likeness (QED) is 0.753. The first-order chi connectivity index (χ1) is 8.22. The van der Waals surface area contributed by atoms with Crippen LogP contribution in [0.25, 0.3) is 0 Å². The molecule has 0 fully saturated rings. The molecule has 8 heteroatoms. The molecule has 0 saturated heterocycles. The van der Waals surface area contributed by atoms with Gasteiger partial charge in [-0.3, -0.25) is 4.68 Å². The zero-order chi connectivity index (χ0) is 12.3. The smallest absolute Gasteiger partial charge is 0.191 e. The van der Waals surface area contributed by atoms with Gasteiger partial charge in [0.15, 0.2) is 5.16 Å². The van der Waals surface area contributed by atoms with Crippen LogP contribution in [-0.2, 0) is 19.3 Å². The van der Waals surface area contributed by atoms with Gasteiger partial charge in [-0.2, -0.15) is 5.10 Å². The fourth-order valence-corrected chi connectivity index (χ4v) is 2.43. The first-order valence-corrected chi connectivity index (χ1v) is 6.26. The third kappa shape index (κ3) is 2.64. The maximum Gasteiger partial charge on any atom is 0.191 e. The second-order valence-electron chi connectivity index (χ2n) is 3.56. The summed E-state index contributed by atoms with van der Waals surface area (Å²) in [6, 6.07) is 0. The zero-order valence-corrected chi connectivity index (χ0v) is 10.7. The van der Waals surface area contributed by atoms with E-state index in [4.69, 9.17) is 5.73 Å². The molecule has 0 amide bonds. The minimum absolute atomic E-state index is 0.580. The van der Waals surface area contributed by atoms with Crippen molar-refractivity contribution in [3.05, 3.63) is 18.0 Å². The van der Waals surface area contributed by atoms with Crippen LogP contribution < -0.4 is 5.73 Å². The first kappa shape index (κ1) is 12.1. The molecule has 2 rings (SSSR count). The maximum atomic E-state index is 5.56. The molecule has 0 saturated carbocycles. The molecule has 2 aromatic rings. The molecule has 0 aliphatic rings. The predicted molar refractivity (Wildman–Crippen MR) is 64.4 cm³/mol. The Morgan fingerprint density at radius 3 is 2.88 bits per heavy atom. The summed E-state index contributed by atoms with van der Waals surface area (Å²) in [5.41, 5.74) is 5.56. The van der Waals surface area contributed by atoms with Gasteiger partial charge >= 0.3 is 0 Å². The van der Waals surface area contributed by atoms with Crippen LogP contribution in [0.15, 0.2) is 11.5 Å². The van der Waals surface area contributed by atoms with Crippen molar-refractivity contribution in [2.45, 2.75) is 24.4 Å². The van der Waals surface area contributed by atoms with Crippen molar-refractivity contribution in [1.29, 1.82) is 0 Å². The van der Waals surface area contributed by atoms with Gasteiger partial charge in [0, 0.05) is 20.1 Å². The van der Waals surface area contributed by atoms with E-state index in [-0.39, 0.29) is 0 Å². The Hall–Kier alpha value is -1.41. The SMILES string of the molecule is Cc1nnc(SCc2ncnn2C)n1CCN. The van der Waals surface area contributed by atoms with Gasteiger partial charge in [0.05, 0.1) is 5.75 Å². The minimum Gasteiger partial charge on any atom is -0.329 e.